The second-order valence-corrected chi connectivity index (χ2v) is 7.15. The third-order valence-corrected chi connectivity index (χ3v) is 5.27. The Hall–Kier alpha value is -1.36. The predicted octanol–water partition coefficient (Wildman–Crippen LogP) is 2.19. The molecule has 2 aliphatic heterocycles. The number of hydrogen-bond acceptors (Lipinski definition) is 3. The Morgan fingerprint density at radius 3 is 2.95 bits per heavy atom. The van der Waals surface area contributed by atoms with Gasteiger partial charge in [-0.25, -0.2) is 4.98 Å². The number of carboxylic acids is 1. The molecule has 22 heavy (non-hydrogen) atoms. The van der Waals surface area contributed by atoms with E-state index in [1.165, 1.54) is 25.1 Å². The van der Waals surface area contributed by atoms with Crippen molar-refractivity contribution in [2.24, 2.45) is 11.8 Å². The summed E-state index contributed by atoms with van der Waals surface area (Å²) in [4.78, 5) is 18.4. The van der Waals surface area contributed by atoms with Crippen LogP contribution in [0.25, 0.3) is 0 Å². The molecule has 2 aliphatic rings. The Morgan fingerprint density at radius 2 is 2.23 bits per heavy atom. The van der Waals surface area contributed by atoms with Crippen LogP contribution in [0.3, 0.4) is 0 Å². The lowest BCUT2D eigenvalue weighted by atomic mass is 9.93. The third kappa shape index (κ3) is 3.19. The van der Waals surface area contributed by atoms with Gasteiger partial charge in [0.05, 0.1) is 5.92 Å². The van der Waals surface area contributed by atoms with Gasteiger partial charge in [-0.15, -0.1) is 0 Å². The average molecular weight is 305 g/mol. The zero-order chi connectivity index (χ0) is 15.7. The zero-order valence-electron chi connectivity index (χ0n) is 13.7. The first-order valence-corrected chi connectivity index (χ1v) is 8.54. The third-order valence-electron chi connectivity index (χ3n) is 5.27. The molecule has 0 spiro atoms. The molecular formula is C17H27N3O2. The van der Waals surface area contributed by atoms with Crippen LogP contribution in [0.15, 0.2) is 6.20 Å². The number of aromatic nitrogens is 2. The van der Waals surface area contributed by atoms with Crippen LogP contribution in [0.4, 0.5) is 0 Å². The van der Waals surface area contributed by atoms with Crippen molar-refractivity contribution in [1.82, 2.24) is 14.5 Å². The van der Waals surface area contributed by atoms with Gasteiger partial charge in [0.1, 0.15) is 5.82 Å². The number of piperidine rings is 1. The minimum Gasteiger partial charge on any atom is -0.481 e. The van der Waals surface area contributed by atoms with Crippen molar-refractivity contribution in [2.45, 2.75) is 58.5 Å². The molecule has 1 fully saturated rings. The smallest absolute Gasteiger partial charge is 0.308 e. The molecule has 0 amide bonds. The number of carboxylic acid groups (broad SMARTS) is 1. The van der Waals surface area contributed by atoms with Crippen LogP contribution < -0.4 is 0 Å². The molecule has 5 nitrogen and oxygen atoms in total. The molecule has 3 heterocycles. The summed E-state index contributed by atoms with van der Waals surface area (Å²) in [5.74, 6) is 0.817. The molecule has 1 N–H and O–H groups in total. The Labute approximate surface area is 132 Å². The molecular weight excluding hydrogens is 278 g/mol. The summed E-state index contributed by atoms with van der Waals surface area (Å²) in [6.07, 6.45) is 7.03. The molecule has 2 atom stereocenters. The molecule has 0 saturated carbocycles. The number of aliphatic carboxylic acids is 1. The summed E-state index contributed by atoms with van der Waals surface area (Å²) >= 11 is 0. The van der Waals surface area contributed by atoms with Crippen LogP contribution in [-0.4, -0.2) is 44.7 Å². The number of imidazole rings is 1. The van der Waals surface area contributed by atoms with Crippen LogP contribution in [0, 0.1) is 11.8 Å². The molecule has 0 bridgehead atoms. The first-order valence-electron chi connectivity index (χ1n) is 8.54. The van der Waals surface area contributed by atoms with Crippen molar-refractivity contribution in [3.8, 4) is 0 Å². The quantitative estimate of drug-likeness (QED) is 0.926. The lowest BCUT2D eigenvalue weighted by Gasteiger charge is -2.35. The van der Waals surface area contributed by atoms with E-state index in [1.54, 1.807) is 0 Å². The molecule has 5 heteroatoms. The van der Waals surface area contributed by atoms with Gasteiger partial charge in [0, 0.05) is 37.4 Å². The second-order valence-electron chi connectivity index (χ2n) is 7.15. The molecule has 0 aliphatic carbocycles. The average Bonchev–Trinajstić information content (AvgIpc) is 2.90. The molecule has 1 saturated heterocycles. The summed E-state index contributed by atoms with van der Waals surface area (Å²) in [5, 5.41) is 9.27. The Balaban J connectivity index is 1.69. The van der Waals surface area contributed by atoms with Gasteiger partial charge in [-0.05, 0) is 52.0 Å². The first-order chi connectivity index (χ1) is 10.5. The van der Waals surface area contributed by atoms with E-state index in [-0.39, 0.29) is 5.92 Å². The van der Waals surface area contributed by atoms with Crippen molar-refractivity contribution in [2.75, 3.05) is 13.1 Å². The van der Waals surface area contributed by atoms with Gasteiger partial charge < -0.3 is 14.6 Å². The van der Waals surface area contributed by atoms with Gasteiger partial charge in [-0.3, -0.25) is 4.79 Å². The predicted molar refractivity (Wildman–Crippen MR) is 84.8 cm³/mol. The summed E-state index contributed by atoms with van der Waals surface area (Å²) < 4.78 is 2.18. The molecule has 1 aromatic rings. The number of carbonyl (C=O) groups is 1. The van der Waals surface area contributed by atoms with Gasteiger partial charge in [0.15, 0.2) is 0 Å². The van der Waals surface area contributed by atoms with Crippen molar-refractivity contribution >= 4 is 5.97 Å². The van der Waals surface area contributed by atoms with E-state index in [1.807, 2.05) is 6.20 Å². The van der Waals surface area contributed by atoms with E-state index in [0.717, 1.165) is 31.6 Å². The largest absolute Gasteiger partial charge is 0.481 e. The molecule has 2 unspecified atom stereocenters. The van der Waals surface area contributed by atoms with Crippen molar-refractivity contribution < 1.29 is 9.90 Å². The lowest BCUT2D eigenvalue weighted by molar-refractivity contribution is -0.142. The van der Waals surface area contributed by atoms with E-state index >= 15 is 0 Å². The number of aryl methyl sites for hydroxylation is 1. The van der Waals surface area contributed by atoms with E-state index in [2.05, 4.69) is 28.3 Å². The highest BCUT2D eigenvalue weighted by atomic mass is 16.4. The SMILES string of the molecule is CC(C)N1CCCC(Cc2ncc3n2CC(C(=O)O)CC3)C1. The molecule has 3 rings (SSSR count). The maximum Gasteiger partial charge on any atom is 0.308 e. The topological polar surface area (TPSA) is 58.4 Å². The van der Waals surface area contributed by atoms with Crippen molar-refractivity contribution in [3.05, 3.63) is 17.7 Å². The van der Waals surface area contributed by atoms with Crippen LogP contribution in [0.5, 0.6) is 0 Å². The van der Waals surface area contributed by atoms with Gasteiger partial charge in [0.25, 0.3) is 0 Å². The number of rotatable bonds is 4. The fourth-order valence-corrected chi connectivity index (χ4v) is 3.87. The normalized spacial score (nSPS) is 26.1. The van der Waals surface area contributed by atoms with Crippen LogP contribution in [0.2, 0.25) is 0 Å². The minimum absolute atomic E-state index is 0.251. The van der Waals surface area contributed by atoms with Crippen LogP contribution in [-0.2, 0) is 24.2 Å². The maximum absolute atomic E-state index is 11.3. The number of hydrogen-bond donors (Lipinski definition) is 1. The van der Waals surface area contributed by atoms with E-state index in [0.29, 0.717) is 18.5 Å². The van der Waals surface area contributed by atoms with Gasteiger partial charge >= 0.3 is 5.97 Å². The van der Waals surface area contributed by atoms with E-state index < -0.39 is 5.97 Å². The Bertz CT molecular complexity index is 538. The fourth-order valence-electron chi connectivity index (χ4n) is 3.87. The fraction of sp³-hybridized carbons (Fsp3) is 0.765. The summed E-state index contributed by atoms with van der Waals surface area (Å²) in [6, 6.07) is 0.605. The molecule has 0 aromatic carbocycles. The monoisotopic (exact) mass is 305 g/mol. The number of likely N-dealkylation sites (tertiary alicyclic amines) is 1. The highest BCUT2D eigenvalue weighted by molar-refractivity contribution is 5.70. The van der Waals surface area contributed by atoms with Gasteiger partial charge in [-0.2, -0.15) is 0 Å². The molecule has 1 aromatic heterocycles. The second kappa shape index (κ2) is 6.41. The van der Waals surface area contributed by atoms with Crippen LogP contribution >= 0.6 is 0 Å². The summed E-state index contributed by atoms with van der Waals surface area (Å²) in [6.45, 7) is 7.46. The molecule has 0 radical (unpaired) electrons. The van der Waals surface area contributed by atoms with Gasteiger partial charge in [-0.1, -0.05) is 0 Å². The highest BCUT2D eigenvalue weighted by Crippen LogP contribution is 2.26. The lowest BCUT2D eigenvalue weighted by Crippen LogP contribution is -2.40. The van der Waals surface area contributed by atoms with Crippen molar-refractivity contribution in [1.29, 1.82) is 0 Å². The number of fused-ring (bicyclic) bond motifs is 1. The van der Waals surface area contributed by atoms with Crippen LogP contribution in [0.1, 0.15) is 44.6 Å². The maximum atomic E-state index is 11.3. The highest BCUT2D eigenvalue weighted by Gasteiger charge is 2.28. The summed E-state index contributed by atoms with van der Waals surface area (Å²) in [7, 11) is 0. The zero-order valence-corrected chi connectivity index (χ0v) is 13.7. The minimum atomic E-state index is -0.672. The molecule has 122 valence electrons. The standard InChI is InChI=1S/C17H27N3O2/c1-12(2)19-7-3-4-13(10-19)8-16-18-9-15-6-5-14(17(21)22)11-20(15)16/h9,12-14H,3-8,10-11H2,1-2H3,(H,21,22). The Morgan fingerprint density at radius 1 is 1.41 bits per heavy atom. The number of nitrogens with zero attached hydrogens (tertiary/aromatic N) is 3. The first kappa shape index (κ1) is 15.5. The van der Waals surface area contributed by atoms with Gasteiger partial charge in [0.2, 0.25) is 0 Å². The van der Waals surface area contributed by atoms with E-state index in [9.17, 15) is 9.90 Å². The Kier molecular flexibility index (Phi) is 4.52. The summed E-state index contributed by atoms with van der Waals surface area (Å²) in [5.41, 5.74) is 1.21. The van der Waals surface area contributed by atoms with Crippen molar-refractivity contribution in [3.63, 3.8) is 0 Å². The van der Waals surface area contributed by atoms with E-state index in [4.69, 9.17) is 0 Å².